The van der Waals surface area contributed by atoms with Crippen molar-refractivity contribution in [1.29, 1.82) is 0 Å². The Morgan fingerprint density at radius 2 is 1.86 bits per heavy atom. The van der Waals surface area contributed by atoms with Crippen molar-refractivity contribution >= 4 is 34.3 Å². The number of likely N-dealkylation sites (tertiary alicyclic amines) is 1. The van der Waals surface area contributed by atoms with Crippen molar-refractivity contribution in [3.63, 3.8) is 0 Å². The molecule has 0 bridgehead atoms. The molecule has 1 atom stereocenters. The molecule has 0 unspecified atom stereocenters. The van der Waals surface area contributed by atoms with Crippen molar-refractivity contribution in [1.82, 2.24) is 14.5 Å². The van der Waals surface area contributed by atoms with Crippen molar-refractivity contribution in [2.24, 2.45) is 18.9 Å². The van der Waals surface area contributed by atoms with Crippen LogP contribution in [0.3, 0.4) is 0 Å². The van der Waals surface area contributed by atoms with E-state index in [0.717, 1.165) is 48.1 Å². The van der Waals surface area contributed by atoms with Gasteiger partial charge in [0.25, 0.3) is 0 Å². The number of pyridine rings is 1. The summed E-state index contributed by atoms with van der Waals surface area (Å²) in [5.74, 6) is 1.55. The van der Waals surface area contributed by atoms with Gasteiger partial charge < -0.3 is 14.2 Å². The third-order valence-electron chi connectivity index (χ3n) is 7.79. The van der Waals surface area contributed by atoms with Gasteiger partial charge in [-0.3, -0.25) is 9.59 Å². The summed E-state index contributed by atoms with van der Waals surface area (Å²) >= 11 is 6.19. The molecule has 6 nitrogen and oxygen atoms in total. The predicted octanol–water partition coefficient (Wildman–Crippen LogP) is 5.97. The molecule has 1 fully saturated rings. The van der Waals surface area contributed by atoms with Crippen LogP contribution in [0, 0.1) is 18.8 Å². The first kappa shape index (κ1) is 26.2. The van der Waals surface area contributed by atoms with E-state index >= 15 is 0 Å². The molecule has 1 aromatic carbocycles. The third kappa shape index (κ3) is 5.15. The van der Waals surface area contributed by atoms with Gasteiger partial charge in [-0.05, 0) is 66.5 Å². The standard InChI is InChI=1S/C29H36ClN3O3/c1-17(2)18(3)29(35)33-9-7-20(8-10-33)25-16-32(5)28-27(25)19(4)22(15-31-28)13-26(34)21-11-23(30)14-24(12-21)36-6/h11-12,14-18,20H,7-10,13H2,1-6H3/t18-/m1/s1. The van der Waals surface area contributed by atoms with Crippen LogP contribution in [-0.2, 0) is 18.3 Å². The minimum Gasteiger partial charge on any atom is -0.497 e. The molecule has 36 heavy (non-hydrogen) atoms. The number of benzene rings is 1. The number of fused-ring (bicyclic) bond motifs is 1. The number of ketones is 1. The third-order valence-corrected chi connectivity index (χ3v) is 8.01. The molecule has 7 heteroatoms. The molecule has 1 aliphatic rings. The van der Waals surface area contributed by atoms with Gasteiger partial charge in [0.05, 0.1) is 7.11 Å². The maximum absolute atomic E-state index is 13.1. The first-order valence-electron chi connectivity index (χ1n) is 12.7. The van der Waals surface area contributed by atoms with Gasteiger partial charge in [-0.1, -0.05) is 32.4 Å². The highest BCUT2D eigenvalue weighted by atomic mass is 35.5. The topological polar surface area (TPSA) is 64.4 Å². The van der Waals surface area contributed by atoms with Crippen molar-refractivity contribution in [2.45, 2.75) is 52.9 Å². The van der Waals surface area contributed by atoms with Crippen LogP contribution in [0.5, 0.6) is 5.75 Å². The van der Waals surface area contributed by atoms with Crippen molar-refractivity contribution in [2.75, 3.05) is 20.2 Å². The first-order valence-corrected chi connectivity index (χ1v) is 13.1. The molecule has 0 radical (unpaired) electrons. The van der Waals surface area contributed by atoms with Gasteiger partial charge in [-0.25, -0.2) is 4.98 Å². The van der Waals surface area contributed by atoms with Crippen LogP contribution in [0.15, 0.2) is 30.6 Å². The van der Waals surface area contributed by atoms with E-state index in [4.69, 9.17) is 21.3 Å². The second-order valence-electron chi connectivity index (χ2n) is 10.4. The van der Waals surface area contributed by atoms with Crippen molar-refractivity contribution < 1.29 is 14.3 Å². The number of nitrogens with zero attached hydrogens (tertiary/aromatic N) is 3. The van der Waals surface area contributed by atoms with Gasteiger partial charge in [0.15, 0.2) is 5.78 Å². The van der Waals surface area contributed by atoms with E-state index in [1.807, 2.05) is 25.1 Å². The molecule has 3 aromatic rings. The minimum atomic E-state index is -0.0244. The lowest BCUT2D eigenvalue weighted by molar-refractivity contribution is -0.137. The van der Waals surface area contributed by atoms with Crippen LogP contribution in [0.1, 0.15) is 66.6 Å². The number of carbonyl (C=O) groups is 2. The Balaban J connectivity index is 1.58. The predicted molar refractivity (Wildman–Crippen MR) is 144 cm³/mol. The van der Waals surface area contributed by atoms with E-state index in [-0.39, 0.29) is 24.0 Å². The average Bonchev–Trinajstić information content (AvgIpc) is 3.21. The summed E-state index contributed by atoms with van der Waals surface area (Å²) in [4.78, 5) is 32.7. The SMILES string of the molecule is COc1cc(Cl)cc(C(=O)Cc2cnc3c(c(C4CCN(C(=O)[C@H](C)C(C)C)CC4)cn3C)c2C)c1. The summed E-state index contributed by atoms with van der Waals surface area (Å²) in [6, 6.07) is 5.09. The lowest BCUT2D eigenvalue weighted by Gasteiger charge is -2.34. The molecule has 0 spiro atoms. The molecular weight excluding hydrogens is 474 g/mol. The Morgan fingerprint density at radius 1 is 1.17 bits per heavy atom. The zero-order valence-electron chi connectivity index (χ0n) is 22.1. The second kappa shape index (κ2) is 10.6. The fourth-order valence-electron chi connectivity index (χ4n) is 5.16. The monoisotopic (exact) mass is 509 g/mol. The van der Waals surface area contributed by atoms with Gasteiger partial charge >= 0.3 is 0 Å². The zero-order valence-corrected chi connectivity index (χ0v) is 22.9. The Kier molecular flexibility index (Phi) is 7.74. The Bertz CT molecular complexity index is 1290. The van der Waals surface area contributed by atoms with Crippen LogP contribution in [0.2, 0.25) is 5.02 Å². The maximum atomic E-state index is 13.1. The normalized spacial score (nSPS) is 15.5. The zero-order chi connectivity index (χ0) is 26.1. The van der Waals surface area contributed by atoms with E-state index in [0.29, 0.717) is 28.2 Å². The number of rotatable bonds is 7. The second-order valence-corrected chi connectivity index (χ2v) is 10.9. The van der Waals surface area contributed by atoms with Crippen LogP contribution < -0.4 is 4.74 Å². The van der Waals surface area contributed by atoms with E-state index in [9.17, 15) is 9.59 Å². The number of ether oxygens (including phenoxy) is 1. The lowest BCUT2D eigenvalue weighted by Crippen LogP contribution is -2.41. The number of Topliss-reactive ketones (excluding diaryl/α,β-unsaturated/α-hetero) is 1. The largest absolute Gasteiger partial charge is 0.497 e. The van der Waals surface area contributed by atoms with Gasteiger partial charge in [-0.2, -0.15) is 0 Å². The highest BCUT2D eigenvalue weighted by Gasteiger charge is 2.30. The summed E-state index contributed by atoms with van der Waals surface area (Å²) in [6.07, 6.45) is 6.10. The summed E-state index contributed by atoms with van der Waals surface area (Å²) in [6.45, 7) is 9.87. The van der Waals surface area contributed by atoms with Crippen molar-refractivity contribution in [3.8, 4) is 5.75 Å². The number of aromatic nitrogens is 2. The molecule has 0 N–H and O–H groups in total. The van der Waals surface area contributed by atoms with Crippen LogP contribution in [0.4, 0.5) is 0 Å². The number of halogens is 1. The highest BCUT2D eigenvalue weighted by molar-refractivity contribution is 6.31. The molecule has 1 aliphatic heterocycles. The van der Waals surface area contributed by atoms with E-state index < -0.39 is 0 Å². The Labute approximate surface area is 218 Å². The summed E-state index contributed by atoms with van der Waals surface area (Å²) in [7, 11) is 3.58. The average molecular weight is 510 g/mol. The fraction of sp³-hybridized carbons (Fsp3) is 0.483. The molecule has 4 rings (SSSR count). The Morgan fingerprint density at radius 3 is 2.50 bits per heavy atom. The minimum absolute atomic E-state index is 0.0244. The van der Waals surface area contributed by atoms with Gasteiger partial charge in [0, 0.05) is 60.8 Å². The summed E-state index contributed by atoms with van der Waals surface area (Å²) < 4.78 is 7.35. The number of hydrogen-bond donors (Lipinski definition) is 0. The number of carbonyl (C=O) groups excluding carboxylic acids is 2. The number of hydrogen-bond acceptors (Lipinski definition) is 4. The molecule has 3 heterocycles. The van der Waals surface area contributed by atoms with Gasteiger partial charge in [0.2, 0.25) is 5.91 Å². The fourth-order valence-corrected chi connectivity index (χ4v) is 5.39. The van der Waals surface area contributed by atoms with Crippen LogP contribution in [-0.4, -0.2) is 46.3 Å². The summed E-state index contributed by atoms with van der Waals surface area (Å²) in [5.41, 5.74) is 4.72. The number of amides is 1. The summed E-state index contributed by atoms with van der Waals surface area (Å²) in [5, 5.41) is 1.60. The van der Waals surface area contributed by atoms with Crippen molar-refractivity contribution in [3.05, 3.63) is 57.9 Å². The molecule has 0 saturated carbocycles. The highest BCUT2D eigenvalue weighted by Crippen LogP contribution is 2.36. The molecule has 2 aromatic heterocycles. The molecular formula is C29H36ClN3O3. The molecule has 0 aliphatic carbocycles. The molecule has 192 valence electrons. The molecule has 1 saturated heterocycles. The van der Waals surface area contributed by atoms with Gasteiger partial charge in [0.1, 0.15) is 11.4 Å². The smallest absolute Gasteiger partial charge is 0.225 e. The number of methoxy groups -OCH3 is 1. The maximum Gasteiger partial charge on any atom is 0.225 e. The van der Waals surface area contributed by atoms with E-state index in [2.05, 4.69) is 31.5 Å². The van der Waals surface area contributed by atoms with Crippen LogP contribution >= 0.6 is 11.6 Å². The van der Waals surface area contributed by atoms with Gasteiger partial charge in [-0.15, -0.1) is 0 Å². The Hall–Kier alpha value is -2.86. The number of piperidine rings is 1. The van der Waals surface area contributed by atoms with Crippen LogP contribution in [0.25, 0.3) is 11.0 Å². The van der Waals surface area contributed by atoms with E-state index in [1.54, 1.807) is 25.3 Å². The number of aryl methyl sites for hydroxylation is 2. The first-order chi connectivity index (χ1) is 17.1. The van der Waals surface area contributed by atoms with E-state index in [1.165, 1.54) is 5.56 Å². The lowest BCUT2D eigenvalue weighted by atomic mass is 9.86. The quantitative estimate of drug-likeness (QED) is 0.368. The molecule has 1 amide bonds.